The van der Waals surface area contributed by atoms with E-state index in [-0.39, 0.29) is 0 Å². The Balaban J connectivity index is 2.05. The average molecular weight is 352 g/mol. The first-order valence-corrected chi connectivity index (χ1v) is 7.35. The van der Waals surface area contributed by atoms with Crippen LogP contribution < -0.4 is 0 Å². The van der Waals surface area contributed by atoms with Crippen molar-refractivity contribution in [1.29, 1.82) is 0 Å². The summed E-state index contributed by atoms with van der Waals surface area (Å²) >= 11 is 9.43. The lowest BCUT2D eigenvalue weighted by Gasteiger charge is -2.10. The number of furan rings is 1. The molecular formula is C16H12BrClO2. The first-order valence-electron chi connectivity index (χ1n) is 6.18. The van der Waals surface area contributed by atoms with Crippen molar-refractivity contribution < 1.29 is 9.52 Å². The second-order valence-corrected chi connectivity index (χ2v) is 6.05. The van der Waals surface area contributed by atoms with E-state index in [1.54, 1.807) is 12.1 Å². The summed E-state index contributed by atoms with van der Waals surface area (Å²) in [5, 5.41) is 12.0. The molecule has 0 aliphatic rings. The summed E-state index contributed by atoms with van der Waals surface area (Å²) in [6.45, 7) is 2.00. The number of halogens is 2. The predicted octanol–water partition coefficient (Wildman–Crippen LogP) is 5.24. The molecule has 0 aliphatic heterocycles. The van der Waals surface area contributed by atoms with E-state index in [1.165, 1.54) is 0 Å². The molecule has 0 saturated carbocycles. The van der Waals surface area contributed by atoms with E-state index in [2.05, 4.69) is 15.9 Å². The molecule has 0 amide bonds. The number of benzene rings is 2. The zero-order chi connectivity index (χ0) is 14.3. The van der Waals surface area contributed by atoms with Crippen molar-refractivity contribution in [2.45, 2.75) is 13.0 Å². The van der Waals surface area contributed by atoms with Gasteiger partial charge in [-0.05, 0) is 42.8 Å². The first kappa shape index (κ1) is 13.7. The van der Waals surface area contributed by atoms with Gasteiger partial charge in [-0.1, -0.05) is 39.7 Å². The number of hydrogen-bond donors (Lipinski definition) is 1. The lowest BCUT2D eigenvalue weighted by molar-refractivity contribution is 0.191. The van der Waals surface area contributed by atoms with Crippen LogP contribution in [0.1, 0.15) is 23.0 Å². The molecule has 1 atom stereocenters. The van der Waals surface area contributed by atoms with Gasteiger partial charge in [0.05, 0.1) is 0 Å². The molecule has 0 bridgehead atoms. The topological polar surface area (TPSA) is 33.4 Å². The van der Waals surface area contributed by atoms with Crippen molar-refractivity contribution in [2.24, 2.45) is 0 Å². The molecule has 0 fully saturated rings. The van der Waals surface area contributed by atoms with E-state index in [0.29, 0.717) is 16.4 Å². The van der Waals surface area contributed by atoms with Crippen molar-refractivity contribution in [1.82, 2.24) is 0 Å². The Hall–Kier alpha value is -1.29. The summed E-state index contributed by atoms with van der Waals surface area (Å²) in [6, 6.07) is 13.0. The number of hydrogen-bond acceptors (Lipinski definition) is 2. The van der Waals surface area contributed by atoms with Gasteiger partial charge in [-0.25, -0.2) is 0 Å². The number of aliphatic hydroxyl groups is 1. The summed E-state index contributed by atoms with van der Waals surface area (Å²) in [5.41, 5.74) is 2.62. The Morgan fingerprint density at radius 2 is 1.95 bits per heavy atom. The molecule has 3 rings (SSSR count). The maximum atomic E-state index is 10.5. The van der Waals surface area contributed by atoms with Gasteiger partial charge in [-0.3, -0.25) is 0 Å². The molecule has 0 radical (unpaired) electrons. The molecule has 2 aromatic carbocycles. The zero-order valence-corrected chi connectivity index (χ0v) is 13.1. The van der Waals surface area contributed by atoms with Crippen LogP contribution in [-0.4, -0.2) is 5.11 Å². The van der Waals surface area contributed by atoms with Gasteiger partial charge < -0.3 is 9.52 Å². The lowest BCUT2D eigenvalue weighted by Crippen LogP contribution is -1.99. The van der Waals surface area contributed by atoms with Gasteiger partial charge >= 0.3 is 0 Å². The molecule has 1 heterocycles. The van der Waals surface area contributed by atoms with Gasteiger partial charge in [0, 0.05) is 20.4 Å². The summed E-state index contributed by atoms with van der Waals surface area (Å²) in [7, 11) is 0. The third-order valence-electron chi connectivity index (χ3n) is 3.22. The van der Waals surface area contributed by atoms with E-state index in [9.17, 15) is 5.11 Å². The van der Waals surface area contributed by atoms with Crippen LogP contribution in [0.5, 0.6) is 0 Å². The second-order valence-electron chi connectivity index (χ2n) is 4.76. The molecule has 0 saturated heterocycles. The van der Waals surface area contributed by atoms with Gasteiger partial charge in [0.2, 0.25) is 0 Å². The van der Waals surface area contributed by atoms with E-state index in [0.717, 1.165) is 21.0 Å². The highest BCUT2D eigenvalue weighted by Crippen LogP contribution is 2.33. The second kappa shape index (κ2) is 5.24. The Labute approximate surface area is 130 Å². The number of fused-ring (bicyclic) bond motifs is 1. The summed E-state index contributed by atoms with van der Waals surface area (Å²) in [5.74, 6) is 0.506. The highest BCUT2D eigenvalue weighted by atomic mass is 79.9. The smallest absolute Gasteiger partial charge is 0.138 e. The fraction of sp³-hybridized carbons (Fsp3) is 0.125. The molecule has 0 aliphatic carbocycles. The summed E-state index contributed by atoms with van der Waals surface area (Å²) in [4.78, 5) is 0. The Bertz CT molecular complexity index is 779. The summed E-state index contributed by atoms with van der Waals surface area (Å²) in [6.07, 6.45) is -0.809. The van der Waals surface area contributed by atoms with Crippen LogP contribution in [-0.2, 0) is 0 Å². The molecule has 20 heavy (non-hydrogen) atoms. The molecule has 1 unspecified atom stereocenters. The van der Waals surface area contributed by atoms with Crippen LogP contribution in [0, 0.1) is 6.92 Å². The van der Waals surface area contributed by atoms with E-state index >= 15 is 0 Å². The van der Waals surface area contributed by atoms with E-state index < -0.39 is 6.10 Å². The van der Waals surface area contributed by atoms with Gasteiger partial charge in [0.15, 0.2) is 0 Å². The molecule has 2 nitrogen and oxygen atoms in total. The number of rotatable bonds is 2. The van der Waals surface area contributed by atoms with Gasteiger partial charge in [-0.2, -0.15) is 0 Å². The zero-order valence-electron chi connectivity index (χ0n) is 10.7. The minimum absolute atomic E-state index is 0.506. The van der Waals surface area contributed by atoms with E-state index in [1.807, 2.05) is 37.3 Å². The molecular weight excluding hydrogens is 340 g/mol. The van der Waals surface area contributed by atoms with Crippen molar-refractivity contribution in [2.75, 3.05) is 0 Å². The fourth-order valence-corrected chi connectivity index (χ4v) is 3.07. The van der Waals surface area contributed by atoms with Crippen LogP contribution in [0.2, 0.25) is 5.02 Å². The Morgan fingerprint density at radius 1 is 1.15 bits per heavy atom. The molecule has 1 aromatic heterocycles. The maximum Gasteiger partial charge on any atom is 0.138 e. The SMILES string of the molecule is Cc1ccc(C(O)c2cc3cc(Cl)ccc3o2)c(Br)c1. The highest BCUT2D eigenvalue weighted by Gasteiger charge is 2.18. The van der Waals surface area contributed by atoms with E-state index in [4.69, 9.17) is 16.0 Å². The third-order valence-corrected chi connectivity index (χ3v) is 4.14. The van der Waals surface area contributed by atoms with Crippen LogP contribution >= 0.6 is 27.5 Å². The maximum absolute atomic E-state index is 10.5. The molecule has 0 spiro atoms. The largest absolute Gasteiger partial charge is 0.458 e. The summed E-state index contributed by atoms with van der Waals surface area (Å²) < 4.78 is 6.56. The minimum atomic E-state index is -0.809. The lowest BCUT2D eigenvalue weighted by atomic mass is 10.1. The molecule has 1 N–H and O–H groups in total. The average Bonchev–Trinajstić information content (AvgIpc) is 2.81. The Kier molecular flexibility index (Phi) is 3.59. The van der Waals surface area contributed by atoms with Gasteiger partial charge in [-0.15, -0.1) is 0 Å². The Morgan fingerprint density at radius 3 is 2.70 bits per heavy atom. The normalized spacial score (nSPS) is 12.8. The fourth-order valence-electron chi connectivity index (χ4n) is 2.18. The predicted molar refractivity (Wildman–Crippen MR) is 84.2 cm³/mol. The van der Waals surface area contributed by atoms with Gasteiger partial charge in [0.25, 0.3) is 0 Å². The monoisotopic (exact) mass is 350 g/mol. The highest BCUT2D eigenvalue weighted by molar-refractivity contribution is 9.10. The van der Waals surface area contributed by atoms with Crippen molar-refractivity contribution in [3.63, 3.8) is 0 Å². The molecule has 102 valence electrons. The van der Waals surface area contributed by atoms with Crippen LogP contribution in [0.3, 0.4) is 0 Å². The van der Waals surface area contributed by atoms with Crippen molar-refractivity contribution >= 4 is 38.5 Å². The van der Waals surface area contributed by atoms with Gasteiger partial charge in [0.1, 0.15) is 17.4 Å². The minimum Gasteiger partial charge on any atom is -0.458 e. The number of aryl methyl sites for hydroxylation is 1. The van der Waals surface area contributed by atoms with Crippen molar-refractivity contribution in [3.05, 3.63) is 68.8 Å². The van der Waals surface area contributed by atoms with Crippen LogP contribution in [0.4, 0.5) is 0 Å². The standard InChI is InChI=1S/C16H12BrClO2/c1-9-2-4-12(13(17)6-9)16(19)15-8-10-7-11(18)3-5-14(10)20-15/h2-8,16,19H,1H3. The first-order chi connectivity index (χ1) is 9.54. The van der Waals surface area contributed by atoms with Crippen molar-refractivity contribution in [3.8, 4) is 0 Å². The molecule has 4 heteroatoms. The quantitative estimate of drug-likeness (QED) is 0.685. The number of aliphatic hydroxyl groups excluding tert-OH is 1. The van der Waals surface area contributed by atoms with Crippen LogP contribution in [0.25, 0.3) is 11.0 Å². The molecule has 3 aromatic rings. The van der Waals surface area contributed by atoms with Crippen LogP contribution in [0.15, 0.2) is 51.4 Å². The third kappa shape index (κ3) is 2.49.